The lowest BCUT2D eigenvalue weighted by atomic mass is 9.96. The number of fused-ring (bicyclic) bond motifs is 2. The van der Waals surface area contributed by atoms with Crippen LogP contribution in [0.2, 0.25) is 0 Å². The Kier molecular flexibility index (Phi) is 4.76. The van der Waals surface area contributed by atoms with E-state index in [1.54, 1.807) is 0 Å². The predicted octanol–water partition coefficient (Wildman–Crippen LogP) is 4.28. The Hall–Kier alpha value is -3.15. The third-order valence-corrected chi connectivity index (χ3v) is 5.72. The maximum atomic E-state index is 5.09. The van der Waals surface area contributed by atoms with Crippen LogP contribution < -0.4 is 5.32 Å². The molecule has 1 aliphatic rings. The summed E-state index contributed by atoms with van der Waals surface area (Å²) in [5.74, 6) is 1.13. The monoisotopic (exact) mass is 386 g/mol. The molecule has 0 aliphatic heterocycles. The minimum Gasteiger partial charge on any atom is -0.370 e. The van der Waals surface area contributed by atoms with Gasteiger partial charge in [0.2, 0.25) is 0 Å². The third kappa shape index (κ3) is 3.39. The van der Waals surface area contributed by atoms with Crippen LogP contribution >= 0.6 is 0 Å². The molecule has 0 saturated carbocycles. The number of aryl methyl sites for hydroxylation is 3. The number of aromatic nitrogens is 5. The van der Waals surface area contributed by atoms with E-state index in [-0.39, 0.29) is 0 Å². The van der Waals surface area contributed by atoms with Crippen LogP contribution in [0.3, 0.4) is 0 Å². The van der Waals surface area contributed by atoms with E-state index in [4.69, 9.17) is 10.1 Å². The van der Waals surface area contributed by atoms with Crippen molar-refractivity contribution in [3.8, 4) is 11.1 Å². The van der Waals surface area contributed by atoms with Gasteiger partial charge in [-0.2, -0.15) is 9.61 Å². The van der Waals surface area contributed by atoms with Crippen molar-refractivity contribution >= 4 is 11.5 Å². The summed E-state index contributed by atoms with van der Waals surface area (Å²) in [4.78, 5) is 9.21. The molecule has 0 fully saturated rings. The van der Waals surface area contributed by atoms with Crippen LogP contribution in [-0.2, 0) is 19.4 Å². The van der Waals surface area contributed by atoms with Gasteiger partial charge < -0.3 is 9.88 Å². The van der Waals surface area contributed by atoms with Gasteiger partial charge in [-0.1, -0.05) is 30.3 Å². The van der Waals surface area contributed by atoms with Gasteiger partial charge in [-0.25, -0.2) is 9.97 Å². The molecular weight excluding hydrogens is 360 g/mol. The van der Waals surface area contributed by atoms with Gasteiger partial charge in [0.05, 0.1) is 12.0 Å². The molecule has 6 nitrogen and oxygen atoms in total. The van der Waals surface area contributed by atoms with Crippen molar-refractivity contribution in [1.29, 1.82) is 0 Å². The SMILES string of the molecule is Cc1nn2c(NCCCn3ccnc3)c3c(nc2c1-c1ccccc1)CCCC3. The first kappa shape index (κ1) is 17.9. The van der Waals surface area contributed by atoms with Crippen LogP contribution in [-0.4, -0.2) is 30.7 Å². The molecule has 148 valence electrons. The number of benzene rings is 1. The number of anilines is 1. The summed E-state index contributed by atoms with van der Waals surface area (Å²) in [6, 6.07) is 10.5. The topological polar surface area (TPSA) is 60.0 Å². The van der Waals surface area contributed by atoms with E-state index >= 15 is 0 Å². The first-order chi connectivity index (χ1) is 14.3. The zero-order valence-corrected chi connectivity index (χ0v) is 16.8. The molecule has 1 aliphatic carbocycles. The molecule has 1 N–H and O–H groups in total. The summed E-state index contributed by atoms with van der Waals surface area (Å²) in [7, 11) is 0. The highest BCUT2D eigenvalue weighted by molar-refractivity contribution is 5.81. The Morgan fingerprint density at radius 1 is 1.10 bits per heavy atom. The maximum absolute atomic E-state index is 5.09. The maximum Gasteiger partial charge on any atom is 0.165 e. The van der Waals surface area contributed by atoms with E-state index in [0.29, 0.717) is 0 Å². The highest BCUT2D eigenvalue weighted by Gasteiger charge is 2.22. The molecule has 0 atom stereocenters. The summed E-state index contributed by atoms with van der Waals surface area (Å²) in [6.45, 7) is 3.93. The highest BCUT2D eigenvalue weighted by Crippen LogP contribution is 2.33. The minimum absolute atomic E-state index is 0.892. The van der Waals surface area contributed by atoms with E-state index in [1.165, 1.54) is 29.7 Å². The van der Waals surface area contributed by atoms with Crippen molar-refractivity contribution in [2.24, 2.45) is 0 Å². The summed E-state index contributed by atoms with van der Waals surface area (Å²) in [6.07, 6.45) is 11.3. The van der Waals surface area contributed by atoms with Crippen molar-refractivity contribution in [1.82, 2.24) is 24.1 Å². The lowest BCUT2D eigenvalue weighted by Crippen LogP contribution is -2.17. The van der Waals surface area contributed by atoms with E-state index < -0.39 is 0 Å². The molecule has 29 heavy (non-hydrogen) atoms. The summed E-state index contributed by atoms with van der Waals surface area (Å²) >= 11 is 0. The minimum atomic E-state index is 0.892. The molecule has 0 bridgehead atoms. The van der Waals surface area contributed by atoms with Gasteiger partial charge in [0, 0.05) is 42.3 Å². The van der Waals surface area contributed by atoms with Gasteiger partial charge in [-0.15, -0.1) is 0 Å². The number of nitrogens with zero attached hydrogens (tertiary/aromatic N) is 5. The van der Waals surface area contributed by atoms with Gasteiger partial charge in [0.1, 0.15) is 5.82 Å². The molecule has 6 heteroatoms. The van der Waals surface area contributed by atoms with Crippen LogP contribution in [0.25, 0.3) is 16.8 Å². The fraction of sp³-hybridized carbons (Fsp3) is 0.348. The number of imidazole rings is 1. The van der Waals surface area contributed by atoms with Crippen LogP contribution in [0.5, 0.6) is 0 Å². The molecule has 0 saturated heterocycles. The highest BCUT2D eigenvalue weighted by atomic mass is 15.3. The second-order valence-corrected chi connectivity index (χ2v) is 7.74. The second-order valence-electron chi connectivity index (χ2n) is 7.74. The Bertz CT molecular complexity index is 1110. The quantitative estimate of drug-likeness (QED) is 0.503. The van der Waals surface area contributed by atoms with Crippen LogP contribution in [0.4, 0.5) is 5.82 Å². The number of nitrogens with one attached hydrogen (secondary N) is 1. The molecular formula is C23H26N6. The average Bonchev–Trinajstić information content (AvgIpc) is 3.38. The van der Waals surface area contributed by atoms with Gasteiger partial charge in [0.15, 0.2) is 5.65 Å². The Morgan fingerprint density at radius 3 is 2.79 bits per heavy atom. The molecule has 1 aromatic carbocycles. The fourth-order valence-electron chi connectivity index (χ4n) is 4.31. The standard InChI is InChI=1S/C23H26N6/c1-17-21(18-8-3-2-4-9-18)23-26-20-11-6-5-10-19(20)22(29(23)27-17)25-12-7-14-28-15-13-24-16-28/h2-4,8-9,13,15-16,25H,5-7,10-12,14H2,1H3. The van der Waals surface area contributed by atoms with Crippen LogP contribution in [0.15, 0.2) is 49.1 Å². The fourth-order valence-corrected chi connectivity index (χ4v) is 4.31. The Labute approximate surface area is 170 Å². The number of hydrogen-bond acceptors (Lipinski definition) is 4. The van der Waals surface area contributed by atoms with E-state index in [0.717, 1.165) is 55.1 Å². The zero-order valence-electron chi connectivity index (χ0n) is 16.8. The molecule has 0 amide bonds. The average molecular weight is 387 g/mol. The zero-order chi connectivity index (χ0) is 19.6. The van der Waals surface area contributed by atoms with E-state index in [1.807, 2.05) is 29.3 Å². The smallest absolute Gasteiger partial charge is 0.165 e. The van der Waals surface area contributed by atoms with Crippen molar-refractivity contribution < 1.29 is 0 Å². The lowest BCUT2D eigenvalue weighted by molar-refractivity contribution is 0.647. The number of hydrogen-bond donors (Lipinski definition) is 1. The van der Waals surface area contributed by atoms with Crippen molar-refractivity contribution in [3.05, 3.63) is 66.0 Å². The van der Waals surface area contributed by atoms with Crippen molar-refractivity contribution in [2.75, 3.05) is 11.9 Å². The lowest BCUT2D eigenvalue weighted by Gasteiger charge is -2.20. The van der Waals surface area contributed by atoms with Gasteiger partial charge >= 0.3 is 0 Å². The summed E-state index contributed by atoms with van der Waals surface area (Å²) < 4.78 is 4.16. The number of rotatable bonds is 6. The Morgan fingerprint density at radius 2 is 1.97 bits per heavy atom. The van der Waals surface area contributed by atoms with Crippen LogP contribution in [0.1, 0.15) is 36.2 Å². The molecule has 0 radical (unpaired) electrons. The van der Waals surface area contributed by atoms with Gasteiger partial charge in [0.25, 0.3) is 0 Å². The largest absolute Gasteiger partial charge is 0.370 e. The van der Waals surface area contributed by atoms with Crippen molar-refractivity contribution in [3.63, 3.8) is 0 Å². The molecule has 4 aromatic rings. The van der Waals surface area contributed by atoms with Gasteiger partial charge in [-0.3, -0.25) is 0 Å². The normalized spacial score (nSPS) is 13.6. The molecule has 0 spiro atoms. The van der Waals surface area contributed by atoms with Gasteiger partial charge in [-0.05, 0) is 44.6 Å². The molecule has 3 aromatic heterocycles. The first-order valence-corrected chi connectivity index (χ1v) is 10.5. The third-order valence-electron chi connectivity index (χ3n) is 5.72. The molecule has 5 rings (SSSR count). The summed E-state index contributed by atoms with van der Waals surface area (Å²) in [5.41, 5.74) is 6.88. The molecule has 3 heterocycles. The van der Waals surface area contributed by atoms with E-state index in [2.05, 4.69) is 46.1 Å². The first-order valence-electron chi connectivity index (χ1n) is 10.5. The molecule has 0 unspecified atom stereocenters. The van der Waals surface area contributed by atoms with E-state index in [9.17, 15) is 0 Å². The Balaban J connectivity index is 1.52. The predicted molar refractivity (Wildman–Crippen MR) is 115 cm³/mol. The van der Waals surface area contributed by atoms with Crippen molar-refractivity contribution in [2.45, 2.75) is 45.6 Å². The second kappa shape index (κ2) is 7.70. The van der Waals surface area contributed by atoms with Crippen LogP contribution in [0, 0.1) is 6.92 Å². The summed E-state index contributed by atoms with van der Waals surface area (Å²) in [5, 5.41) is 8.60.